The molecule has 1 aliphatic rings. The predicted octanol–water partition coefficient (Wildman–Crippen LogP) is 3.09. The molecule has 0 aliphatic heterocycles. The van der Waals surface area contributed by atoms with Crippen molar-refractivity contribution in [2.24, 2.45) is 0 Å². The van der Waals surface area contributed by atoms with Crippen LogP contribution in [-0.4, -0.2) is 13.1 Å². The van der Waals surface area contributed by atoms with Crippen molar-refractivity contribution in [3.8, 4) is 0 Å². The van der Waals surface area contributed by atoms with Crippen LogP contribution in [0.3, 0.4) is 0 Å². The van der Waals surface area contributed by atoms with Gasteiger partial charge >= 0.3 is 0 Å². The second-order valence-corrected chi connectivity index (χ2v) is 4.89. The second kappa shape index (κ2) is 4.03. The molecule has 0 radical (unpaired) electrons. The predicted molar refractivity (Wildman–Crippen MR) is 63.7 cm³/mol. The molecule has 0 amide bonds. The molecule has 2 unspecified atom stereocenters. The molecule has 0 saturated heterocycles. The van der Waals surface area contributed by atoms with Gasteiger partial charge in [-0.3, -0.25) is 0 Å². The largest absolute Gasteiger partial charge is 0.317 e. The van der Waals surface area contributed by atoms with Crippen LogP contribution in [0.25, 0.3) is 0 Å². The van der Waals surface area contributed by atoms with Crippen molar-refractivity contribution in [3.05, 3.63) is 33.8 Å². The smallest absolute Gasteiger partial charge is 0.0213 e. The number of halogens is 1. The molecule has 1 aromatic rings. The molecular formula is C12H16BrN. The molecule has 2 rings (SSSR count). The first-order valence-corrected chi connectivity index (χ1v) is 5.98. The first-order chi connectivity index (χ1) is 6.74. The lowest BCUT2D eigenvalue weighted by molar-refractivity contribution is 0.491. The molecular weight excluding hydrogens is 238 g/mol. The van der Waals surface area contributed by atoms with Crippen molar-refractivity contribution in [2.75, 3.05) is 7.05 Å². The summed E-state index contributed by atoms with van der Waals surface area (Å²) in [4.78, 5) is 0. The van der Waals surface area contributed by atoms with E-state index in [0.717, 1.165) is 0 Å². The molecule has 0 fully saturated rings. The van der Waals surface area contributed by atoms with E-state index in [1.165, 1.54) is 28.4 Å². The van der Waals surface area contributed by atoms with Crippen molar-refractivity contribution in [2.45, 2.75) is 31.7 Å². The highest BCUT2D eigenvalue weighted by Gasteiger charge is 2.27. The minimum absolute atomic E-state index is 0.565. The molecule has 0 aromatic heterocycles. The van der Waals surface area contributed by atoms with Crippen LogP contribution < -0.4 is 5.32 Å². The van der Waals surface area contributed by atoms with Crippen LogP contribution in [0.2, 0.25) is 0 Å². The van der Waals surface area contributed by atoms with Crippen LogP contribution in [0, 0.1) is 0 Å². The van der Waals surface area contributed by atoms with Crippen molar-refractivity contribution < 1.29 is 0 Å². The molecule has 14 heavy (non-hydrogen) atoms. The topological polar surface area (TPSA) is 12.0 Å². The summed E-state index contributed by atoms with van der Waals surface area (Å²) in [6, 6.07) is 7.10. The Labute approximate surface area is 94.0 Å². The first kappa shape index (κ1) is 10.2. The van der Waals surface area contributed by atoms with E-state index in [4.69, 9.17) is 0 Å². The van der Waals surface area contributed by atoms with E-state index in [1.807, 2.05) is 7.05 Å². The molecule has 0 bridgehead atoms. The lowest BCUT2D eigenvalue weighted by atomic mass is 9.94. The van der Waals surface area contributed by atoms with Gasteiger partial charge in [0.1, 0.15) is 0 Å². The second-order valence-electron chi connectivity index (χ2n) is 4.04. The normalized spacial score (nSPS) is 22.1. The van der Waals surface area contributed by atoms with Gasteiger partial charge < -0.3 is 5.32 Å². The van der Waals surface area contributed by atoms with E-state index in [9.17, 15) is 0 Å². The van der Waals surface area contributed by atoms with Gasteiger partial charge in [-0.25, -0.2) is 0 Å². The summed E-state index contributed by atoms with van der Waals surface area (Å²) >= 11 is 3.66. The maximum absolute atomic E-state index is 3.66. The van der Waals surface area contributed by atoms with E-state index in [-0.39, 0.29) is 0 Å². The number of rotatable bonds is 2. The maximum atomic E-state index is 3.66. The van der Waals surface area contributed by atoms with E-state index >= 15 is 0 Å². The number of aryl methyl sites for hydroxylation is 1. The van der Waals surface area contributed by atoms with E-state index in [1.54, 1.807) is 0 Å². The molecule has 1 nitrogen and oxygen atoms in total. The lowest BCUT2D eigenvalue weighted by Gasteiger charge is -2.20. The summed E-state index contributed by atoms with van der Waals surface area (Å²) < 4.78 is 1.28. The van der Waals surface area contributed by atoms with Gasteiger partial charge in [-0.2, -0.15) is 0 Å². The Bertz CT molecular complexity index is 335. The minimum atomic E-state index is 0.565. The van der Waals surface area contributed by atoms with Crippen LogP contribution in [0.5, 0.6) is 0 Å². The SMILES string of the molecule is CNC(C)C1CCc2cccc(Br)c21. The lowest BCUT2D eigenvalue weighted by Crippen LogP contribution is -2.27. The van der Waals surface area contributed by atoms with Crippen molar-refractivity contribution >= 4 is 15.9 Å². The highest BCUT2D eigenvalue weighted by Crippen LogP contribution is 2.39. The van der Waals surface area contributed by atoms with Crippen LogP contribution in [0.4, 0.5) is 0 Å². The Morgan fingerprint density at radius 1 is 1.50 bits per heavy atom. The Morgan fingerprint density at radius 2 is 2.29 bits per heavy atom. The van der Waals surface area contributed by atoms with Gasteiger partial charge in [0.05, 0.1) is 0 Å². The van der Waals surface area contributed by atoms with E-state index < -0.39 is 0 Å². The van der Waals surface area contributed by atoms with Crippen LogP contribution >= 0.6 is 15.9 Å². The summed E-state index contributed by atoms with van der Waals surface area (Å²) in [5, 5.41) is 3.35. The molecule has 1 aromatic carbocycles. The van der Waals surface area contributed by atoms with Gasteiger partial charge in [0.2, 0.25) is 0 Å². The van der Waals surface area contributed by atoms with E-state index in [0.29, 0.717) is 12.0 Å². The van der Waals surface area contributed by atoms with Gasteiger partial charge in [0.25, 0.3) is 0 Å². The van der Waals surface area contributed by atoms with Gasteiger partial charge in [-0.15, -0.1) is 0 Å². The van der Waals surface area contributed by atoms with Gasteiger partial charge in [0, 0.05) is 16.4 Å². The monoisotopic (exact) mass is 253 g/mol. The Hall–Kier alpha value is -0.340. The number of likely N-dealkylation sites (N-methyl/N-ethyl adjacent to an activating group) is 1. The Kier molecular flexibility index (Phi) is 2.93. The zero-order valence-electron chi connectivity index (χ0n) is 8.68. The fraction of sp³-hybridized carbons (Fsp3) is 0.500. The fourth-order valence-electron chi connectivity index (χ4n) is 2.37. The molecule has 0 heterocycles. The molecule has 2 atom stereocenters. The van der Waals surface area contributed by atoms with Crippen molar-refractivity contribution in [1.82, 2.24) is 5.32 Å². The summed E-state index contributed by atoms with van der Waals surface area (Å²) in [5.74, 6) is 0.672. The van der Waals surface area contributed by atoms with Crippen LogP contribution in [0.15, 0.2) is 22.7 Å². The quantitative estimate of drug-likeness (QED) is 0.855. The third-order valence-electron chi connectivity index (χ3n) is 3.30. The van der Waals surface area contributed by atoms with Crippen LogP contribution in [0.1, 0.15) is 30.4 Å². The number of nitrogens with one attached hydrogen (secondary N) is 1. The number of hydrogen-bond donors (Lipinski definition) is 1. The number of fused-ring (bicyclic) bond motifs is 1. The molecule has 1 N–H and O–H groups in total. The van der Waals surface area contributed by atoms with Crippen molar-refractivity contribution in [1.29, 1.82) is 0 Å². The maximum Gasteiger partial charge on any atom is 0.0213 e. The standard InChI is InChI=1S/C12H16BrN/c1-8(14-2)10-7-6-9-4-3-5-11(13)12(9)10/h3-5,8,10,14H,6-7H2,1-2H3. The average Bonchev–Trinajstić information content (AvgIpc) is 2.62. The number of hydrogen-bond acceptors (Lipinski definition) is 1. The summed E-state index contributed by atoms with van der Waals surface area (Å²) in [6.07, 6.45) is 2.51. The fourth-order valence-corrected chi connectivity index (χ4v) is 3.07. The third kappa shape index (κ3) is 1.61. The summed E-state index contributed by atoms with van der Waals surface area (Å²) in [5.41, 5.74) is 3.04. The zero-order chi connectivity index (χ0) is 10.1. The zero-order valence-corrected chi connectivity index (χ0v) is 10.3. The van der Waals surface area contributed by atoms with Crippen LogP contribution in [-0.2, 0) is 6.42 Å². The minimum Gasteiger partial charge on any atom is -0.317 e. The Morgan fingerprint density at radius 3 is 3.00 bits per heavy atom. The summed E-state index contributed by atoms with van der Waals surface area (Å²) in [6.45, 7) is 2.26. The molecule has 0 saturated carbocycles. The summed E-state index contributed by atoms with van der Waals surface area (Å²) in [7, 11) is 2.04. The highest BCUT2D eigenvalue weighted by atomic mass is 79.9. The van der Waals surface area contributed by atoms with E-state index in [2.05, 4.69) is 46.4 Å². The molecule has 2 heteroatoms. The van der Waals surface area contributed by atoms with Gasteiger partial charge in [-0.1, -0.05) is 28.1 Å². The molecule has 76 valence electrons. The van der Waals surface area contributed by atoms with Crippen molar-refractivity contribution in [3.63, 3.8) is 0 Å². The molecule has 0 spiro atoms. The van der Waals surface area contributed by atoms with Gasteiger partial charge in [-0.05, 0) is 44.0 Å². The van der Waals surface area contributed by atoms with Gasteiger partial charge in [0.15, 0.2) is 0 Å². The Balaban J connectivity index is 2.38. The number of benzene rings is 1. The average molecular weight is 254 g/mol. The third-order valence-corrected chi connectivity index (χ3v) is 3.99. The molecule has 1 aliphatic carbocycles. The first-order valence-electron chi connectivity index (χ1n) is 5.18. The highest BCUT2D eigenvalue weighted by molar-refractivity contribution is 9.10.